The lowest BCUT2D eigenvalue weighted by Gasteiger charge is -2.14. The number of thioether (sulfide) groups is 1. The minimum Gasteiger partial charge on any atom is -0.496 e. The van der Waals surface area contributed by atoms with Crippen LogP contribution in [-0.2, 0) is 4.74 Å². The van der Waals surface area contributed by atoms with E-state index in [0.717, 1.165) is 36.1 Å². The second-order valence-electron chi connectivity index (χ2n) is 6.18. The molecule has 0 fully saturated rings. The molecular weight excluding hydrogens is 344 g/mol. The van der Waals surface area contributed by atoms with Crippen molar-refractivity contribution in [2.75, 3.05) is 20.0 Å². The maximum absolute atomic E-state index is 12.1. The molecule has 0 amide bonds. The van der Waals surface area contributed by atoms with E-state index in [0.29, 0.717) is 12.2 Å². The van der Waals surface area contributed by atoms with Gasteiger partial charge in [-0.15, -0.1) is 11.8 Å². The fraction of sp³-hybridized carbons (Fsp3) is 0.318. The zero-order chi connectivity index (χ0) is 18.5. The monoisotopic (exact) mass is 368 g/mol. The number of allylic oxidation sites excluding steroid dienone is 2. The number of carbonyl (C=O) groups excluding carboxylic acids is 1. The highest BCUT2D eigenvalue weighted by Gasteiger charge is 2.21. The van der Waals surface area contributed by atoms with Crippen LogP contribution in [0.5, 0.6) is 5.75 Å². The van der Waals surface area contributed by atoms with Crippen LogP contribution in [0.4, 0.5) is 0 Å². The van der Waals surface area contributed by atoms with Gasteiger partial charge in [-0.25, -0.2) is 4.79 Å². The summed E-state index contributed by atoms with van der Waals surface area (Å²) in [4.78, 5) is 13.3. The Hall–Kier alpha value is -2.20. The Bertz CT molecular complexity index is 839. The van der Waals surface area contributed by atoms with Gasteiger partial charge in [0, 0.05) is 10.5 Å². The molecule has 0 atom stereocenters. The summed E-state index contributed by atoms with van der Waals surface area (Å²) in [5, 5.41) is 0. The van der Waals surface area contributed by atoms with Crippen molar-refractivity contribution in [1.82, 2.24) is 0 Å². The molecule has 4 heteroatoms. The van der Waals surface area contributed by atoms with Crippen molar-refractivity contribution >= 4 is 28.9 Å². The maximum Gasteiger partial charge on any atom is 0.338 e. The van der Waals surface area contributed by atoms with Crippen LogP contribution in [0.15, 0.2) is 47.4 Å². The standard InChI is InChI=1S/C22H24O3S/c1-4-25-22(23)16-8-5-7-15(13-16)18-9-6-10-19(18)20-14-17(26-3)11-12-21(20)24-2/h5,7-8,11-14H,4,6,9-10H2,1-3H3. The van der Waals surface area contributed by atoms with E-state index in [2.05, 4.69) is 24.5 Å². The number of rotatable bonds is 6. The van der Waals surface area contributed by atoms with Gasteiger partial charge in [-0.3, -0.25) is 0 Å². The van der Waals surface area contributed by atoms with Crippen LogP contribution in [-0.4, -0.2) is 25.9 Å². The number of esters is 1. The van der Waals surface area contributed by atoms with Crippen molar-refractivity contribution in [2.45, 2.75) is 31.1 Å². The fourth-order valence-electron chi connectivity index (χ4n) is 3.46. The fourth-order valence-corrected chi connectivity index (χ4v) is 3.90. The number of carbonyl (C=O) groups is 1. The van der Waals surface area contributed by atoms with Crippen molar-refractivity contribution in [1.29, 1.82) is 0 Å². The van der Waals surface area contributed by atoms with Gasteiger partial charge in [0.15, 0.2) is 0 Å². The third kappa shape index (κ3) is 3.80. The smallest absolute Gasteiger partial charge is 0.338 e. The summed E-state index contributed by atoms with van der Waals surface area (Å²) in [7, 11) is 1.72. The van der Waals surface area contributed by atoms with Crippen LogP contribution >= 0.6 is 11.8 Å². The Morgan fingerprint density at radius 1 is 1.12 bits per heavy atom. The van der Waals surface area contributed by atoms with Gasteiger partial charge in [-0.05, 0) is 79.5 Å². The average molecular weight is 368 g/mol. The van der Waals surface area contributed by atoms with Gasteiger partial charge >= 0.3 is 5.97 Å². The average Bonchev–Trinajstić information content (AvgIpc) is 3.17. The van der Waals surface area contributed by atoms with Gasteiger partial charge in [0.2, 0.25) is 0 Å². The van der Waals surface area contributed by atoms with E-state index in [-0.39, 0.29) is 5.97 Å². The Labute approximate surface area is 159 Å². The molecule has 26 heavy (non-hydrogen) atoms. The first-order valence-corrected chi connectivity index (χ1v) is 10.1. The second-order valence-corrected chi connectivity index (χ2v) is 7.06. The minimum atomic E-state index is -0.267. The van der Waals surface area contributed by atoms with E-state index in [1.165, 1.54) is 16.0 Å². The second kappa shape index (κ2) is 8.45. The molecule has 0 aromatic heterocycles. The summed E-state index contributed by atoms with van der Waals surface area (Å²) in [5.41, 5.74) is 5.48. The maximum atomic E-state index is 12.1. The lowest BCUT2D eigenvalue weighted by molar-refractivity contribution is 0.0526. The molecule has 1 aliphatic rings. The van der Waals surface area contributed by atoms with E-state index in [1.54, 1.807) is 18.9 Å². The van der Waals surface area contributed by atoms with Crippen molar-refractivity contribution < 1.29 is 14.3 Å². The molecule has 1 aliphatic carbocycles. The third-order valence-corrected chi connectivity index (χ3v) is 5.40. The van der Waals surface area contributed by atoms with Gasteiger partial charge in [-0.1, -0.05) is 12.1 Å². The van der Waals surface area contributed by atoms with Gasteiger partial charge in [0.05, 0.1) is 19.3 Å². The van der Waals surface area contributed by atoms with E-state index >= 15 is 0 Å². The molecule has 0 spiro atoms. The lowest BCUT2D eigenvalue weighted by Crippen LogP contribution is -2.04. The third-order valence-electron chi connectivity index (χ3n) is 4.67. The number of hydrogen-bond acceptors (Lipinski definition) is 4. The van der Waals surface area contributed by atoms with Crippen LogP contribution in [0.3, 0.4) is 0 Å². The van der Waals surface area contributed by atoms with Crippen LogP contribution in [0.25, 0.3) is 11.1 Å². The summed E-state index contributed by atoms with van der Waals surface area (Å²) >= 11 is 1.73. The normalized spacial score (nSPS) is 13.8. The Balaban J connectivity index is 2.07. The molecule has 2 aromatic carbocycles. The molecule has 0 bridgehead atoms. The van der Waals surface area contributed by atoms with E-state index in [9.17, 15) is 4.79 Å². The number of benzene rings is 2. The molecule has 0 saturated carbocycles. The van der Waals surface area contributed by atoms with Crippen LogP contribution in [0.1, 0.15) is 47.7 Å². The molecule has 0 radical (unpaired) electrons. The quantitative estimate of drug-likeness (QED) is 0.485. The number of ether oxygens (including phenoxy) is 2. The summed E-state index contributed by atoms with van der Waals surface area (Å²) in [6.07, 6.45) is 5.22. The highest BCUT2D eigenvalue weighted by molar-refractivity contribution is 7.98. The van der Waals surface area contributed by atoms with Crippen LogP contribution in [0.2, 0.25) is 0 Å². The molecular formula is C22H24O3S. The zero-order valence-electron chi connectivity index (χ0n) is 15.5. The molecule has 2 aromatic rings. The Morgan fingerprint density at radius 2 is 1.92 bits per heavy atom. The van der Waals surface area contributed by atoms with Crippen molar-refractivity contribution in [2.24, 2.45) is 0 Å². The minimum absolute atomic E-state index is 0.267. The Morgan fingerprint density at radius 3 is 2.65 bits per heavy atom. The first-order valence-electron chi connectivity index (χ1n) is 8.90. The molecule has 0 unspecified atom stereocenters. The molecule has 0 heterocycles. The molecule has 3 nitrogen and oxygen atoms in total. The van der Waals surface area contributed by atoms with Gasteiger partial charge < -0.3 is 9.47 Å². The molecule has 136 valence electrons. The van der Waals surface area contributed by atoms with Gasteiger partial charge in [0.25, 0.3) is 0 Å². The van der Waals surface area contributed by atoms with E-state index in [1.807, 2.05) is 31.2 Å². The molecule has 0 saturated heterocycles. The number of hydrogen-bond donors (Lipinski definition) is 0. The summed E-state index contributed by atoms with van der Waals surface area (Å²) in [6, 6.07) is 14.1. The summed E-state index contributed by atoms with van der Waals surface area (Å²) in [5.74, 6) is 0.634. The SMILES string of the molecule is CCOC(=O)c1cccc(C2=C(c3cc(SC)ccc3OC)CCC2)c1. The van der Waals surface area contributed by atoms with E-state index in [4.69, 9.17) is 9.47 Å². The van der Waals surface area contributed by atoms with E-state index < -0.39 is 0 Å². The predicted octanol–water partition coefficient (Wildman–Crippen LogP) is 5.69. The largest absolute Gasteiger partial charge is 0.496 e. The summed E-state index contributed by atoms with van der Waals surface area (Å²) < 4.78 is 10.8. The van der Waals surface area contributed by atoms with Gasteiger partial charge in [0.1, 0.15) is 5.75 Å². The first-order chi connectivity index (χ1) is 12.7. The Kier molecular flexibility index (Phi) is 6.04. The first kappa shape index (κ1) is 18.6. The molecule has 3 rings (SSSR count). The molecule has 0 aliphatic heterocycles. The van der Waals surface area contributed by atoms with Gasteiger partial charge in [-0.2, -0.15) is 0 Å². The molecule has 0 N–H and O–H groups in total. The van der Waals surface area contributed by atoms with Crippen molar-refractivity contribution in [3.05, 3.63) is 59.2 Å². The van der Waals surface area contributed by atoms with Crippen LogP contribution < -0.4 is 4.74 Å². The topological polar surface area (TPSA) is 35.5 Å². The van der Waals surface area contributed by atoms with Crippen LogP contribution in [0, 0.1) is 0 Å². The highest BCUT2D eigenvalue weighted by atomic mass is 32.2. The lowest BCUT2D eigenvalue weighted by atomic mass is 9.95. The van der Waals surface area contributed by atoms with Crippen molar-refractivity contribution in [3.63, 3.8) is 0 Å². The predicted molar refractivity (Wildman–Crippen MR) is 108 cm³/mol. The zero-order valence-corrected chi connectivity index (χ0v) is 16.3. The number of methoxy groups -OCH3 is 1. The summed E-state index contributed by atoms with van der Waals surface area (Å²) in [6.45, 7) is 2.21. The highest BCUT2D eigenvalue weighted by Crippen LogP contribution is 2.43. The van der Waals surface area contributed by atoms with Crippen molar-refractivity contribution in [3.8, 4) is 5.75 Å².